The van der Waals surface area contributed by atoms with Crippen LogP contribution < -0.4 is 10.9 Å². The van der Waals surface area contributed by atoms with E-state index in [1.54, 1.807) is 6.20 Å². The van der Waals surface area contributed by atoms with Gasteiger partial charge in [-0.15, -0.1) is 11.3 Å². The van der Waals surface area contributed by atoms with E-state index in [9.17, 15) is 4.79 Å². The first-order chi connectivity index (χ1) is 10.8. The SMILES string of the molecule is C.O=c1[nH]c(-c2ccccn2)nc2c(C3CCNCC3)csc12. The first-order valence-electron chi connectivity index (χ1n) is 7.46. The molecule has 0 atom stereocenters. The number of H-pyrrole nitrogens is 1. The lowest BCUT2D eigenvalue weighted by Crippen LogP contribution is -2.26. The molecule has 1 aliphatic rings. The van der Waals surface area contributed by atoms with Crippen molar-refractivity contribution in [3.8, 4) is 11.5 Å². The molecule has 4 rings (SSSR count). The second-order valence-electron chi connectivity index (χ2n) is 5.52. The molecular weight excluding hydrogens is 308 g/mol. The summed E-state index contributed by atoms with van der Waals surface area (Å²) < 4.78 is 0.716. The summed E-state index contributed by atoms with van der Waals surface area (Å²) in [7, 11) is 0. The van der Waals surface area contributed by atoms with E-state index in [4.69, 9.17) is 4.98 Å². The number of nitrogens with zero attached hydrogens (tertiary/aromatic N) is 2. The number of hydrogen-bond acceptors (Lipinski definition) is 5. The molecule has 0 saturated carbocycles. The van der Waals surface area contributed by atoms with Gasteiger partial charge in [0.2, 0.25) is 0 Å². The van der Waals surface area contributed by atoms with Crippen molar-refractivity contribution >= 4 is 21.6 Å². The first kappa shape index (κ1) is 15.8. The van der Waals surface area contributed by atoms with Gasteiger partial charge in [0.1, 0.15) is 10.4 Å². The van der Waals surface area contributed by atoms with Crippen LogP contribution in [0.25, 0.3) is 21.7 Å². The van der Waals surface area contributed by atoms with Gasteiger partial charge in [0.15, 0.2) is 5.82 Å². The summed E-state index contributed by atoms with van der Waals surface area (Å²) in [6, 6.07) is 5.61. The van der Waals surface area contributed by atoms with Crippen LogP contribution in [0.2, 0.25) is 0 Å². The summed E-state index contributed by atoms with van der Waals surface area (Å²) in [5.41, 5.74) is 2.69. The van der Waals surface area contributed by atoms with Crippen LogP contribution in [-0.2, 0) is 0 Å². The van der Waals surface area contributed by atoms with Gasteiger partial charge < -0.3 is 10.3 Å². The fourth-order valence-corrected chi connectivity index (χ4v) is 3.97. The summed E-state index contributed by atoms with van der Waals surface area (Å²) in [5.74, 6) is 1.03. The van der Waals surface area contributed by atoms with Gasteiger partial charge in [-0.1, -0.05) is 13.5 Å². The summed E-state index contributed by atoms with van der Waals surface area (Å²) in [6.07, 6.45) is 3.90. The van der Waals surface area contributed by atoms with Gasteiger partial charge in [0.25, 0.3) is 5.56 Å². The molecule has 0 amide bonds. The van der Waals surface area contributed by atoms with Crippen molar-refractivity contribution in [1.29, 1.82) is 0 Å². The van der Waals surface area contributed by atoms with Crippen molar-refractivity contribution in [2.45, 2.75) is 26.2 Å². The first-order valence-corrected chi connectivity index (χ1v) is 8.34. The number of hydrogen-bond donors (Lipinski definition) is 2. The largest absolute Gasteiger partial charge is 0.317 e. The molecule has 0 unspecified atom stereocenters. The lowest BCUT2D eigenvalue weighted by atomic mass is 9.91. The molecule has 4 heterocycles. The third-order valence-electron chi connectivity index (χ3n) is 4.14. The number of rotatable bonds is 2. The van der Waals surface area contributed by atoms with Gasteiger partial charge >= 0.3 is 0 Å². The number of piperidine rings is 1. The van der Waals surface area contributed by atoms with Gasteiger partial charge in [-0.3, -0.25) is 9.78 Å². The molecule has 3 aromatic heterocycles. The second-order valence-corrected chi connectivity index (χ2v) is 6.40. The predicted octanol–water partition coefficient (Wildman–Crippen LogP) is 3.15. The van der Waals surface area contributed by atoms with Crippen molar-refractivity contribution in [3.05, 3.63) is 45.7 Å². The van der Waals surface area contributed by atoms with E-state index in [-0.39, 0.29) is 13.0 Å². The molecule has 0 aromatic carbocycles. The van der Waals surface area contributed by atoms with Crippen LogP contribution in [0.4, 0.5) is 0 Å². The van der Waals surface area contributed by atoms with Crippen LogP contribution in [0.5, 0.6) is 0 Å². The highest BCUT2D eigenvalue weighted by Crippen LogP contribution is 2.33. The van der Waals surface area contributed by atoms with Crippen LogP contribution >= 0.6 is 11.3 Å². The van der Waals surface area contributed by atoms with Crippen molar-refractivity contribution < 1.29 is 0 Å². The monoisotopic (exact) mass is 328 g/mol. The van der Waals surface area contributed by atoms with E-state index in [0.717, 1.165) is 31.4 Å². The zero-order chi connectivity index (χ0) is 14.9. The average molecular weight is 328 g/mol. The van der Waals surface area contributed by atoms with Gasteiger partial charge in [-0.05, 0) is 54.9 Å². The van der Waals surface area contributed by atoms with E-state index in [1.165, 1.54) is 16.9 Å². The van der Waals surface area contributed by atoms with Gasteiger partial charge in [0.05, 0.1) is 5.52 Å². The van der Waals surface area contributed by atoms with Gasteiger partial charge in [-0.2, -0.15) is 0 Å². The Morgan fingerprint density at radius 2 is 2.04 bits per heavy atom. The highest BCUT2D eigenvalue weighted by Gasteiger charge is 2.21. The predicted molar refractivity (Wildman–Crippen MR) is 95.0 cm³/mol. The molecule has 5 nitrogen and oxygen atoms in total. The van der Waals surface area contributed by atoms with E-state index in [0.29, 0.717) is 22.1 Å². The molecule has 0 aliphatic carbocycles. The summed E-state index contributed by atoms with van der Waals surface area (Å²) >= 11 is 1.49. The van der Waals surface area contributed by atoms with E-state index < -0.39 is 0 Å². The minimum Gasteiger partial charge on any atom is -0.317 e. The Kier molecular flexibility index (Phi) is 4.54. The highest BCUT2D eigenvalue weighted by molar-refractivity contribution is 7.17. The third-order valence-corrected chi connectivity index (χ3v) is 5.13. The Hall–Kier alpha value is -2.05. The zero-order valence-electron chi connectivity index (χ0n) is 12.0. The van der Waals surface area contributed by atoms with Gasteiger partial charge in [-0.25, -0.2) is 4.98 Å². The maximum atomic E-state index is 12.3. The van der Waals surface area contributed by atoms with Gasteiger partial charge in [0, 0.05) is 6.20 Å². The lowest BCUT2D eigenvalue weighted by Gasteiger charge is -2.22. The van der Waals surface area contributed by atoms with Crippen molar-refractivity contribution in [2.75, 3.05) is 13.1 Å². The summed E-state index contributed by atoms with van der Waals surface area (Å²) in [6.45, 7) is 2.05. The lowest BCUT2D eigenvalue weighted by molar-refractivity contribution is 0.462. The molecule has 1 fully saturated rings. The molecule has 3 aromatic rings. The number of aromatic amines is 1. The average Bonchev–Trinajstić information content (AvgIpc) is 3.01. The highest BCUT2D eigenvalue weighted by atomic mass is 32.1. The number of thiophene rings is 1. The Morgan fingerprint density at radius 1 is 1.22 bits per heavy atom. The minimum absolute atomic E-state index is 0. The molecular formula is C17H20N4OS. The number of fused-ring (bicyclic) bond motifs is 1. The summed E-state index contributed by atoms with van der Waals surface area (Å²) in [5, 5.41) is 5.48. The van der Waals surface area contributed by atoms with Crippen LogP contribution in [0, 0.1) is 0 Å². The number of aromatic nitrogens is 3. The molecule has 0 radical (unpaired) electrons. The van der Waals surface area contributed by atoms with Crippen LogP contribution in [0.3, 0.4) is 0 Å². The molecule has 1 saturated heterocycles. The Labute approximate surface area is 138 Å². The van der Waals surface area contributed by atoms with Crippen molar-refractivity contribution in [1.82, 2.24) is 20.3 Å². The Balaban J connectivity index is 0.00000156. The fraction of sp³-hybridized carbons (Fsp3) is 0.353. The van der Waals surface area contributed by atoms with E-state index in [1.807, 2.05) is 18.2 Å². The minimum atomic E-state index is -0.0733. The van der Waals surface area contributed by atoms with Crippen molar-refractivity contribution in [3.63, 3.8) is 0 Å². The normalized spacial score (nSPS) is 15.5. The molecule has 23 heavy (non-hydrogen) atoms. The Morgan fingerprint density at radius 3 is 2.78 bits per heavy atom. The molecule has 1 aliphatic heterocycles. The fourth-order valence-electron chi connectivity index (χ4n) is 2.99. The number of nitrogens with one attached hydrogen (secondary N) is 2. The second kappa shape index (κ2) is 6.60. The zero-order valence-corrected chi connectivity index (χ0v) is 12.8. The molecule has 2 N–H and O–H groups in total. The smallest absolute Gasteiger partial charge is 0.269 e. The molecule has 6 heteroatoms. The standard InChI is InChI=1S/C16H16N4OS.CH4/c21-16-14-13(11(9-22-14)10-4-7-17-8-5-10)19-15(20-16)12-3-1-2-6-18-12;/h1-3,6,9-10,17H,4-5,7-8H2,(H,19,20,21);1H4. The quantitative estimate of drug-likeness (QED) is 0.758. The molecule has 0 spiro atoms. The maximum absolute atomic E-state index is 12.3. The molecule has 120 valence electrons. The van der Waals surface area contributed by atoms with E-state index >= 15 is 0 Å². The number of pyridine rings is 1. The molecule has 0 bridgehead atoms. The summed E-state index contributed by atoms with van der Waals surface area (Å²) in [4.78, 5) is 24.2. The van der Waals surface area contributed by atoms with Crippen LogP contribution in [0.15, 0.2) is 34.6 Å². The van der Waals surface area contributed by atoms with E-state index in [2.05, 4.69) is 20.7 Å². The van der Waals surface area contributed by atoms with Crippen LogP contribution in [-0.4, -0.2) is 28.0 Å². The van der Waals surface area contributed by atoms with Crippen molar-refractivity contribution in [2.24, 2.45) is 0 Å². The Bertz CT molecular complexity index is 850. The topological polar surface area (TPSA) is 70.7 Å². The third kappa shape index (κ3) is 2.92. The maximum Gasteiger partial charge on any atom is 0.269 e. The van der Waals surface area contributed by atoms with Crippen LogP contribution in [0.1, 0.15) is 31.7 Å².